The van der Waals surface area contributed by atoms with E-state index in [-0.39, 0.29) is 35.1 Å². The smallest absolute Gasteiger partial charge is 0.303 e. The van der Waals surface area contributed by atoms with Gasteiger partial charge in [0.1, 0.15) is 42.4 Å². The number of nitrogens with two attached hydrogens (primary N) is 1. The van der Waals surface area contributed by atoms with E-state index in [1.54, 1.807) is 43.0 Å². The number of amidine groups is 1. The summed E-state index contributed by atoms with van der Waals surface area (Å²) in [5.74, 6) is -5.47. The molecule has 0 bridgehead atoms. The summed E-state index contributed by atoms with van der Waals surface area (Å²) in [6.07, 6.45) is -4.66. The van der Waals surface area contributed by atoms with Crippen LogP contribution >= 0.6 is 12.4 Å². The van der Waals surface area contributed by atoms with Crippen LogP contribution in [0.3, 0.4) is 0 Å². The zero-order valence-electron chi connectivity index (χ0n) is 38.1. The molecule has 0 saturated carbocycles. The van der Waals surface area contributed by atoms with Crippen molar-refractivity contribution in [3.8, 4) is 5.75 Å². The summed E-state index contributed by atoms with van der Waals surface area (Å²) in [6, 6.07) is 3.36. The van der Waals surface area contributed by atoms with Crippen molar-refractivity contribution < 1.29 is 65.7 Å². The second-order valence-corrected chi connectivity index (χ2v) is 17.6. The number of sulfonamides is 1. The fourth-order valence-corrected chi connectivity index (χ4v) is 9.52. The fourth-order valence-electron chi connectivity index (χ4n) is 7.80. The number of hydrogen-bond donors (Lipinski definition) is 6. The van der Waals surface area contributed by atoms with Gasteiger partial charge in [0.15, 0.2) is 18.4 Å². The molecule has 7 atom stereocenters. The highest BCUT2D eigenvalue weighted by Crippen LogP contribution is 2.31. The number of nitrogen functional groups attached to an aromatic ring is 1. The predicted octanol–water partition coefficient (Wildman–Crippen LogP) is 0.876. The second-order valence-electron chi connectivity index (χ2n) is 16.0. The largest absolute Gasteiger partial charge is 0.496 e. The van der Waals surface area contributed by atoms with Gasteiger partial charge in [-0.1, -0.05) is 24.3 Å². The van der Waals surface area contributed by atoms with E-state index in [2.05, 4.69) is 20.7 Å². The lowest BCUT2D eigenvalue weighted by atomic mass is 9.94. The van der Waals surface area contributed by atoms with Crippen LogP contribution < -0.4 is 31.1 Å². The molecule has 364 valence electrons. The molecule has 0 aromatic heterocycles. The topological polar surface area (TPSA) is 301 Å². The van der Waals surface area contributed by atoms with Gasteiger partial charge in [0.2, 0.25) is 33.7 Å². The van der Waals surface area contributed by atoms with Gasteiger partial charge in [-0.25, -0.2) is 8.42 Å². The summed E-state index contributed by atoms with van der Waals surface area (Å²) < 4.78 is 58.7. The van der Waals surface area contributed by atoms with Crippen LogP contribution in [0, 0.1) is 26.2 Å². The molecule has 7 N–H and O–H groups in total. The lowest BCUT2D eigenvalue weighted by Gasteiger charge is -2.45. The molecule has 2 fully saturated rings. The van der Waals surface area contributed by atoms with Gasteiger partial charge in [-0.2, -0.15) is 4.72 Å². The molecule has 4 rings (SSSR count). The number of halogens is 1. The Morgan fingerprint density at radius 3 is 2.02 bits per heavy atom. The quantitative estimate of drug-likeness (QED) is 0.0523. The molecule has 2 aliphatic heterocycles. The standard InChI is InChI=1S/C43H59N7O14S.ClH/c1-22-18-33(60-8)23(2)24(3)39(22)65(58,59)49-31(41(56)47-32(43(57)50-16-10-9-11-17-50)19-29-12-14-30(15-13-29)40(44)45)20-35(55)48-42-36(46-25(4)51)38(63-28(7)54)37(62-27(6)53)34(64-42)21-61-26(5)52;/h12-15,18,31-32,34,36-38,42,49H,9-11,16-17,19-21H2,1-8H3,(H3,44,45)(H,46,51)(H,47,56)(H,48,55);1H/t31-,32+,34+,36+,37+,38+,42+;/m0./s1. The van der Waals surface area contributed by atoms with Gasteiger partial charge in [-0.15, -0.1) is 12.4 Å². The maximum Gasteiger partial charge on any atom is 0.303 e. The Hall–Kier alpha value is -5.84. The third kappa shape index (κ3) is 14.6. The Morgan fingerprint density at radius 1 is 0.864 bits per heavy atom. The molecule has 2 saturated heterocycles. The van der Waals surface area contributed by atoms with Gasteiger partial charge in [0.25, 0.3) is 0 Å². The Labute approximate surface area is 389 Å². The van der Waals surface area contributed by atoms with E-state index in [1.165, 1.54) is 20.1 Å². The van der Waals surface area contributed by atoms with E-state index in [9.17, 15) is 42.0 Å². The zero-order chi connectivity index (χ0) is 48.3. The van der Waals surface area contributed by atoms with Crippen molar-refractivity contribution in [3.05, 3.63) is 58.1 Å². The van der Waals surface area contributed by atoms with Crippen molar-refractivity contribution in [1.82, 2.24) is 25.6 Å². The van der Waals surface area contributed by atoms with Crippen LogP contribution in [0.25, 0.3) is 0 Å². The first kappa shape index (κ1) is 54.5. The average Bonchev–Trinajstić information content (AvgIpc) is 3.22. The molecule has 2 aliphatic rings. The van der Waals surface area contributed by atoms with Crippen molar-refractivity contribution in [2.24, 2.45) is 5.73 Å². The number of benzene rings is 2. The Morgan fingerprint density at radius 2 is 1.47 bits per heavy atom. The van der Waals surface area contributed by atoms with E-state index < -0.39 is 107 Å². The molecule has 0 spiro atoms. The van der Waals surface area contributed by atoms with Crippen molar-refractivity contribution in [1.29, 1.82) is 5.41 Å². The maximum atomic E-state index is 14.6. The number of ether oxygens (including phenoxy) is 5. The van der Waals surface area contributed by atoms with E-state index in [0.29, 0.717) is 41.1 Å². The van der Waals surface area contributed by atoms with E-state index in [0.717, 1.165) is 47.0 Å². The number of carbonyl (C=O) groups excluding carboxylic acids is 7. The maximum absolute atomic E-state index is 14.6. The van der Waals surface area contributed by atoms with Crippen LogP contribution in [0.5, 0.6) is 5.75 Å². The lowest BCUT2D eigenvalue weighted by molar-refractivity contribution is -0.228. The van der Waals surface area contributed by atoms with Crippen LogP contribution in [0.2, 0.25) is 0 Å². The van der Waals surface area contributed by atoms with Crippen LogP contribution in [0.4, 0.5) is 0 Å². The number of aryl methyl sites for hydroxylation is 1. The number of likely N-dealkylation sites (tertiary alicyclic amines) is 1. The molecule has 2 heterocycles. The highest BCUT2D eigenvalue weighted by molar-refractivity contribution is 7.89. The second kappa shape index (κ2) is 24.1. The number of nitrogens with one attached hydrogen (secondary N) is 5. The van der Waals surface area contributed by atoms with Crippen LogP contribution in [0.15, 0.2) is 35.2 Å². The Balaban J connectivity index is 0.0000116. The van der Waals surface area contributed by atoms with Crippen molar-refractivity contribution in [2.75, 3.05) is 26.8 Å². The summed E-state index contributed by atoms with van der Waals surface area (Å²) >= 11 is 0. The average molecular weight is 967 g/mol. The predicted molar refractivity (Wildman–Crippen MR) is 239 cm³/mol. The number of methoxy groups -OCH3 is 1. The third-order valence-corrected chi connectivity index (χ3v) is 12.6. The number of hydrogen-bond acceptors (Lipinski definition) is 15. The number of amides is 4. The molecule has 0 radical (unpaired) electrons. The number of nitrogens with zero attached hydrogens (tertiary/aromatic N) is 1. The van der Waals surface area contributed by atoms with Gasteiger partial charge in [-0.05, 0) is 68.4 Å². The fraction of sp³-hybridized carbons (Fsp3) is 0.535. The van der Waals surface area contributed by atoms with Crippen molar-refractivity contribution in [3.63, 3.8) is 0 Å². The van der Waals surface area contributed by atoms with Gasteiger partial charge < -0.3 is 50.3 Å². The monoisotopic (exact) mass is 965 g/mol. The number of esters is 3. The summed E-state index contributed by atoms with van der Waals surface area (Å²) in [7, 11) is -3.22. The molecule has 23 heteroatoms. The number of rotatable bonds is 18. The van der Waals surface area contributed by atoms with Gasteiger partial charge in [-0.3, -0.25) is 39.0 Å². The van der Waals surface area contributed by atoms with Crippen molar-refractivity contribution in [2.45, 2.75) is 128 Å². The minimum atomic E-state index is -4.65. The van der Waals surface area contributed by atoms with Crippen molar-refractivity contribution >= 4 is 69.8 Å². The lowest BCUT2D eigenvalue weighted by Crippen LogP contribution is -2.69. The third-order valence-electron chi connectivity index (χ3n) is 10.9. The van der Waals surface area contributed by atoms with E-state index in [4.69, 9.17) is 34.8 Å². The van der Waals surface area contributed by atoms with Gasteiger partial charge in [0.05, 0.1) is 18.4 Å². The van der Waals surface area contributed by atoms with Gasteiger partial charge in [0, 0.05) is 52.8 Å². The molecule has 21 nitrogen and oxygen atoms in total. The molecular weight excluding hydrogens is 906 g/mol. The highest BCUT2D eigenvalue weighted by Gasteiger charge is 2.51. The minimum Gasteiger partial charge on any atom is -0.496 e. The Bertz CT molecular complexity index is 2260. The zero-order valence-corrected chi connectivity index (χ0v) is 39.8. The SMILES string of the molecule is COc1cc(C)c(S(=O)(=O)N[C@@H](CC(=O)N[C@@H]2O[C@H](COC(C)=O)[C@@H](OC(C)=O)[C@H](OC(C)=O)[C@H]2NC(C)=O)C(=O)N[C@H](Cc2ccc(C(=N)N)cc2)C(=O)N2CCCCC2)c(C)c1C.Cl. The van der Waals surface area contributed by atoms with Gasteiger partial charge >= 0.3 is 17.9 Å². The minimum absolute atomic E-state index is 0. The summed E-state index contributed by atoms with van der Waals surface area (Å²) in [5.41, 5.74) is 7.71. The molecule has 4 amide bonds. The van der Waals surface area contributed by atoms with Crippen LogP contribution in [-0.2, 0) is 69.0 Å². The first-order chi connectivity index (χ1) is 30.5. The summed E-state index contributed by atoms with van der Waals surface area (Å²) in [4.78, 5) is 93.4. The first-order valence-corrected chi connectivity index (χ1v) is 22.4. The number of piperidine rings is 1. The van der Waals surface area contributed by atoms with E-state index >= 15 is 0 Å². The molecule has 2 aromatic carbocycles. The molecular formula is C43H60ClN7O14S. The summed E-state index contributed by atoms with van der Waals surface area (Å²) in [6.45, 7) is 9.35. The molecule has 0 unspecified atom stereocenters. The molecule has 66 heavy (non-hydrogen) atoms. The Kier molecular flexibility index (Phi) is 19.9. The normalized spacial score (nSPS) is 20.2. The molecule has 0 aliphatic carbocycles. The van der Waals surface area contributed by atoms with Crippen LogP contribution in [0.1, 0.15) is 81.2 Å². The van der Waals surface area contributed by atoms with Crippen LogP contribution in [-0.4, -0.2) is 130 Å². The first-order valence-electron chi connectivity index (χ1n) is 20.9. The molecule has 2 aromatic rings. The van der Waals surface area contributed by atoms with E-state index in [1.807, 2.05) is 0 Å². The number of carbonyl (C=O) groups is 7. The summed E-state index contributed by atoms with van der Waals surface area (Å²) in [5, 5.41) is 15.5. The highest BCUT2D eigenvalue weighted by atomic mass is 35.5.